The van der Waals surface area contributed by atoms with Crippen LogP contribution in [0.3, 0.4) is 0 Å². The molecule has 1 amide bonds. The highest BCUT2D eigenvalue weighted by Gasteiger charge is 2.07. The Kier molecular flexibility index (Phi) is 4.49. The van der Waals surface area contributed by atoms with Gasteiger partial charge in [-0.05, 0) is 51.5 Å². The summed E-state index contributed by atoms with van der Waals surface area (Å²) in [5.41, 5.74) is 1.88. The van der Waals surface area contributed by atoms with Crippen molar-refractivity contribution in [2.75, 3.05) is 0 Å². The molecule has 0 fully saturated rings. The van der Waals surface area contributed by atoms with Gasteiger partial charge in [-0.2, -0.15) is 0 Å². The van der Waals surface area contributed by atoms with Gasteiger partial charge in [-0.3, -0.25) is 4.79 Å². The quantitative estimate of drug-likeness (QED) is 0.876. The summed E-state index contributed by atoms with van der Waals surface area (Å²) in [5, 5.41) is 4.97. The minimum atomic E-state index is -0.0922. The van der Waals surface area contributed by atoms with Crippen LogP contribution in [-0.4, -0.2) is 10.9 Å². The van der Waals surface area contributed by atoms with Gasteiger partial charge in [0.2, 0.25) is 0 Å². The molecule has 18 heavy (non-hydrogen) atoms. The molecule has 2 aromatic rings. The molecule has 0 aromatic carbocycles. The number of nitrogens with one attached hydrogen (secondary N) is 1. The summed E-state index contributed by atoms with van der Waals surface area (Å²) in [4.78, 5) is 17.1. The van der Waals surface area contributed by atoms with Crippen molar-refractivity contribution in [2.45, 2.75) is 19.9 Å². The van der Waals surface area contributed by atoms with E-state index in [2.05, 4.69) is 44.6 Å². The van der Waals surface area contributed by atoms with E-state index in [0.717, 1.165) is 11.0 Å². The maximum absolute atomic E-state index is 11.9. The molecule has 2 heterocycles. The molecule has 0 bridgehead atoms. The first-order valence-corrected chi connectivity index (χ1v) is 7.33. The lowest BCUT2D eigenvalue weighted by molar-refractivity contribution is 0.0951. The molecule has 0 saturated carbocycles. The summed E-state index contributed by atoms with van der Waals surface area (Å²) in [6, 6.07) is 5.62. The van der Waals surface area contributed by atoms with E-state index >= 15 is 0 Å². The first-order chi connectivity index (χ1) is 8.70. The molecule has 94 valence electrons. The van der Waals surface area contributed by atoms with Crippen LogP contribution in [0.1, 0.15) is 27.7 Å². The number of rotatable bonds is 4. The summed E-state index contributed by atoms with van der Waals surface area (Å²) in [7, 11) is 0. The van der Waals surface area contributed by atoms with Crippen molar-refractivity contribution in [1.82, 2.24) is 10.3 Å². The third kappa shape index (κ3) is 3.17. The summed E-state index contributed by atoms with van der Waals surface area (Å²) in [5.74, 6) is -0.0922. The van der Waals surface area contributed by atoms with Crippen molar-refractivity contribution in [1.29, 1.82) is 0 Å². The van der Waals surface area contributed by atoms with Gasteiger partial charge in [-0.15, -0.1) is 11.3 Å². The first kappa shape index (κ1) is 13.2. The molecule has 3 nitrogen and oxygen atoms in total. The van der Waals surface area contributed by atoms with Crippen molar-refractivity contribution in [3.63, 3.8) is 0 Å². The van der Waals surface area contributed by atoms with Crippen molar-refractivity contribution < 1.29 is 4.79 Å². The minimum absolute atomic E-state index is 0.0922. The van der Waals surface area contributed by atoms with E-state index in [1.54, 1.807) is 29.7 Å². The summed E-state index contributed by atoms with van der Waals surface area (Å²) in [6.45, 7) is 2.70. The van der Waals surface area contributed by atoms with Crippen LogP contribution in [0.4, 0.5) is 0 Å². The van der Waals surface area contributed by atoms with Crippen LogP contribution in [-0.2, 0) is 13.0 Å². The Bertz CT molecular complexity index is 536. The van der Waals surface area contributed by atoms with E-state index in [1.165, 1.54) is 10.4 Å². The van der Waals surface area contributed by atoms with Crippen molar-refractivity contribution in [2.24, 2.45) is 0 Å². The molecule has 2 aromatic heterocycles. The SMILES string of the molecule is CCc1ccsc1CNC(=O)c1ccc(Br)nc1. The zero-order valence-electron chi connectivity index (χ0n) is 9.94. The first-order valence-electron chi connectivity index (χ1n) is 5.65. The normalized spacial score (nSPS) is 10.3. The minimum Gasteiger partial charge on any atom is -0.347 e. The van der Waals surface area contributed by atoms with Gasteiger partial charge in [0.15, 0.2) is 0 Å². The number of halogens is 1. The van der Waals surface area contributed by atoms with E-state index < -0.39 is 0 Å². The smallest absolute Gasteiger partial charge is 0.253 e. The Morgan fingerprint density at radius 2 is 2.28 bits per heavy atom. The third-order valence-electron chi connectivity index (χ3n) is 2.62. The Balaban J connectivity index is 1.98. The number of hydrogen-bond donors (Lipinski definition) is 1. The number of amides is 1. The fraction of sp³-hybridized carbons (Fsp3) is 0.231. The number of hydrogen-bond acceptors (Lipinski definition) is 3. The molecule has 0 atom stereocenters. The number of nitrogens with zero attached hydrogens (tertiary/aromatic N) is 1. The maximum Gasteiger partial charge on any atom is 0.253 e. The molecule has 0 aliphatic carbocycles. The van der Waals surface area contributed by atoms with Crippen LogP contribution in [0, 0.1) is 0 Å². The highest BCUT2D eigenvalue weighted by Crippen LogP contribution is 2.17. The highest BCUT2D eigenvalue weighted by atomic mass is 79.9. The molecule has 0 aliphatic heterocycles. The molecule has 2 rings (SSSR count). The van der Waals surface area contributed by atoms with E-state index in [1.807, 2.05) is 0 Å². The van der Waals surface area contributed by atoms with Crippen molar-refractivity contribution in [3.8, 4) is 0 Å². The number of thiophene rings is 1. The molecule has 0 unspecified atom stereocenters. The lowest BCUT2D eigenvalue weighted by Gasteiger charge is -2.05. The number of aryl methyl sites for hydroxylation is 1. The second kappa shape index (κ2) is 6.11. The van der Waals surface area contributed by atoms with E-state index in [4.69, 9.17) is 0 Å². The van der Waals surface area contributed by atoms with Gasteiger partial charge < -0.3 is 5.32 Å². The second-order valence-electron chi connectivity index (χ2n) is 3.77. The maximum atomic E-state index is 11.9. The topological polar surface area (TPSA) is 42.0 Å². The number of carbonyl (C=O) groups is 1. The fourth-order valence-corrected chi connectivity index (χ4v) is 2.76. The fourth-order valence-electron chi connectivity index (χ4n) is 1.61. The lowest BCUT2D eigenvalue weighted by atomic mass is 10.2. The largest absolute Gasteiger partial charge is 0.347 e. The zero-order chi connectivity index (χ0) is 13.0. The van der Waals surface area contributed by atoms with Crippen LogP contribution in [0.15, 0.2) is 34.4 Å². The van der Waals surface area contributed by atoms with Gasteiger partial charge in [0.1, 0.15) is 4.60 Å². The monoisotopic (exact) mass is 324 g/mol. The number of carbonyl (C=O) groups excluding carboxylic acids is 1. The average Bonchev–Trinajstić information content (AvgIpc) is 2.84. The standard InChI is InChI=1S/C13H13BrN2OS/c1-2-9-5-6-18-11(9)8-16-13(17)10-3-4-12(14)15-7-10/h3-7H,2,8H2,1H3,(H,16,17). The summed E-state index contributed by atoms with van der Waals surface area (Å²) in [6.07, 6.45) is 2.56. The van der Waals surface area contributed by atoms with Gasteiger partial charge in [0, 0.05) is 11.1 Å². The highest BCUT2D eigenvalue weighted by molar-refractivity contribution is 9.10. The van der Waals surface area contributed by atoms with Gasteiger partial charge in [0.25, 0.3) is 5.91 Å². The van der Waals surface area contributed by atoms with Gasteiger partial charge in [0.05, 0.1) is 12.1 Å². The van der Waals surface area contributed by atoms with Crippen molar-refractivity contribution in [3.05, 3.63) is 50.4 Å². The van der Waals surface area contributed by atoms with Gasteiger partial charge in [-0.25, -0.2) is 4.98 Å². The van der Waals surface area contributed by atoms with Crippen LogP contribution in [0.5, 0.6) is 0 Å². The van der Waals surface area contributed by atoms with Gasteiger partial charge in [-0.1, -0.05) is 6.92 Å². The Hall–Kier alpha value is -1.20. The van der Waals surface area contributed by atoms with E-state index in [9.17, 15) is 4.79 Å². The molecule has 0 aliphatic rings. The predicted octanol–water partition coefficient (Wildman–Crippen LogP) is 3.40. The van der Waals surface area contributed by atoms with Crippen LogP contribution >= 0.6 is 27.3 Å². The molecule has 0 spiro atoms. The predicted molar refractivity (Wildman–Crippen MR) is 76.8 cm³/mol. The molecular formula is C13H13BrN2OS. The van der Waals surface area contributed by atoms with Crippen molar-refractivity contribution >= 4 is 33.2 Å². The second-order valence-corrected chi connectivity index (χ2v) is 5.59. The Labute approximate surface area is 118 Å². The number of pyridine rings is 1. The Morgan fingerprint density at radius 1 is 1.44 bits per heavy atom. The average molecular weight is 325 g/mol. The van der Waals surface area contributed by atoms with E-state index in [-0.39, 0.29) is 5.91 Å². The van der Waals surface area contributed by atoms with Crippen LogP contribution in [0.2, 0.25) is 0 Å². The van der Waals surface area contributed by atoms with Crippen LogP contribution < -0.4 is 5.32 Å². The van der Waals surface area contributed by atoms with E-state index in [0.29, 0.717) is 12.1 Å². The molecule has 5 heteroatoms. The number of aromatic nitrogens is 1. The molecular weight excluding hydrogens is 312 g/mol. The molecule has 0 saturated heterocycles. The summed E-state index contributed by atoms with van der Waals surface area (Å²) < 4.78 is 0.727. The zero-order valence-corrected chi connectivity index (χ0v) is 12.3. The Morgan fingerprint density at radius 3 is 2.94 bits per heavy atom. The third-order valence-corrected chi connectivity index (χ3v) is 4.05. The molecule has 1 N–H and O–H groups in total. The molecule has 0 radical (unpaired) electrons. The van der Waals surface area contributed by atoms with Gasteiger partial charge >= 0.3 is 0 Å². The van der Waals surface area contributed by atoms with Crippen LogP contribution in [0.25, 0.3) is 0 Å². The summed E-state index contributed by atoms with van der Waals surface area (Å²) >= 11 is 4.92. The lowest BCUT2D eigenvalue weighted by Crippen LogP contribution is -2.22.